The number of anilines is 1. The highest BCUT2D eigenvalue weighted by molar-refractivity contribution is 5.40. The average Bonchev–Trinajstić information content (AvgIpc) is 2.28. The van der Waals surface area contributed by atoms with Crippen LogP contribution in [-0.4, -0.2) is 47.2 Å². The molecule has 0 fully saturated rings. The molecule has 0 aliphatic heterocycles. The third kappa shape index (κ3) is 5.40. The van der Waals surface area contributed by atoms with Crippen LogP contribution in [0.4, 0.5) is 5.69 Å². The Morgan fingerprint density at radius 1 is 1.47 bits per heavy atom. The van der Waals surface area contributed by atoms with Gasteiger partial charge in [0.05, 0.1) is 24.5 Å². The topological polar surface area (TPSA) is 70.4 Å². The van der Waals surface area contributed by atoms with Crippen molar-refractivity contribution in [3.05, 3.63) is 22.6 Å². The van der Waals surface area contributed by atoms with Gasteiger partial charge in [0.1, 0.15) is 0 Å². The molecule has 1 unspecified atom stereocenters. The highest BCUT2D eigenvalue weighted by Crippen LogP contribution is 2.04. The van der Waals surface area contributed by atoms with Crippen molar-refractivity contribution >= 4 is 5.69 Å². The molecule has 1 aromatic rings. The third-order valence-electron chi connectivity index (χ3n) is 2.62. The molecule has 1 rings (SSSR count). The molecule has 0 spiro atoms. The number of hydrogen-bond donors (Lipinski definition) is 2. The third-order valence-corrected chi connectivity index (χ3v) is 2.62. The Balaban J connectivity index is 2.65. The quantitative estimate of drug-likeness (QED) is 0.790. The van der Waals surface area contributed by atoms with Crippen LogP contribution in [0.3, 0.4) is 0 Å². The molecule has 108 valence electrons. The lowest BCUT2D eigenvalue weighted by Gasteiger charge is -2.23. The Labute approximate surface area is 114 Å². The number of rotatable bonds is 5. The minimum absolute atomic E-state index is 0.0614. The minimum atomic E-state index is -0.644. The monoisotopic (exact) mass is 268 g/mol. The van der Waals surface area contributed by atoms with Gasteiger partial charge in [0, 0.05) is 32.2 Å². The summed E-state index contributed by atoms with van der Waals surface area (Å²) in [5.41, 5.74) is 0.485. The van der Waals surface area contributed by atoms with E-state index in [-0.39, 0.29) is 17.6 Å². The molecule has 1 aromatic heterocycles. The molecule has 0 saturated carbocycles. The molecule has 0 aliphatic rings. The SMILES string of the molecule is CN(C)c1cnn(CC(O)CNC(C)(C)C)c(=O)c1. The standard InChI is InChI=1S/C13H24N4O2/c1-13(2,3)14-8-11(18)9-17-12(19)6-10(7-15-17)16(4)5/h6-7,11,14,18H,8-9H2,1-5H3. The van der Waals surface area contributed by atoms with Crippen LogP contribution >= 0.6 is 0 Å². The first-order valence-electron chi connectivity index (χ1n) is 6.36. The molecular formula is C13H24N4O2. The van der Waals surface area contributed by atoms with E-state index in [1.165, 1.54) is 10.7 Å². The first-order chi connectivity index (χ1) is 8.69. The summed E-state index contributed by atoms with van der Waals surface area (Å²) < 4.78 is 1.28. The van der Waals surface area contributed by atoms with Gasteiger partial charge in [-0.1, -0.05) is 0 Å². The van der Waals surface area contributed by atoms with E-state index in [1.807, 2.05) is 39.8 Å². The molecule has 0 bridgehead atoms. The summed E-state index contributed by atoms with van der Waals surface area (Å²) in [4.78, 5) is 13.6. The van der Waals surface area contributed by atoms with E-state index in [4.69, 9.17) is 0 Å². The van der Waals surface area contributed by atoms with Crippen molar-refractivity contribution in [2.24, 2.45) is 0 Å². The second-order valence-corrected chi connectivity index (χ2v) is 5.91. The number of aliphatic hydroxyl groups excluding tert-OH is 1. The number of nitrogens with one attached hydrogen (secondary N) is 1. The maximum Gasteiger partial charge on any atom is 0.268 e. The van der Waals surface area contributed by atoms with Crippen molar-refractivity contribution < 1.29 is 5.11 Å². The summed E-state index contributed by atoms with van der Waals surface area (Å²) in [6.45, 7) is 6.69. The van der Waals surface area contributed by atoms with Gasteiger partial charge in [-0.2, -0.15) is 5.10 Å². The smallest absolute Gasteiger partial charge is 0.268 e. The van der Waals surface area contributed by atoms with Gasteiger partial charge < -0.3 is 15.3 Å². The maximum absolute atomic E-state index is 11.8. The molecule has 6 heteroatoms. The van der Waals surface area contributed by atoms with E-state index in [1.54, 1.807) is 6.20 Å². The summed E-state index contributed by atoms with van der Waals surface area (Å²) in [5, 5.41) is 17.1. The zero-order chi connectivity index (χ0) is 14.6. The summed E-state index contributed by atoms with van der Waals surface area (Å²) in [6, 6.07) is 1.51. The highest BCUT2D eigenvalue weighted by Gasteiger charge is 2.13. The first-order valence-corrected chi connectivity index (χ1v) is 6.36. The van der Waals surface area contributed by atoms with Crippen LogP contribution in [0, 0.1) is 0 Å². The number of β-amino-alcohol motifs (C(OH)–C–C–N with tert-alkyl or cyclic N) is 1. The molecule has 2 N–H and O–H groups in total. The Hall–Kier alpha value is -1.40. The van der Waals surface area contributed by atoms with Gasteiger partial charge in [0.15, 0.2) is 0 Å². The van der Waals surface area contributed by atoms with Gasteiger partial charge in [-0.25, -0.2) is 4.68 Å². The van der Waals surface area contributed by atoms with Crippen LogP contribution < -0.4 is 15.8 Å². The fourth-order valence-corrected chi connectivity index (χ4v) is 1.49. The van der Waals surface area contributed by atoms with E-state index in [9.17, 15) is 9.90 Å². The van der Waals surface area contributed by atoms with Gasteiger partial charge in [-0.15, -0.1) is 0 Å². The molecular weight excluding hydrogens is 244 g/mol. The summed E-state index contributed by atoms with van der Waals surface area (Å²) >= 11 is 0. The molecule has 0 radical (unpaired) electrons. The van der Waals surface area contributed by atoms with Crippen LogP contribution in [0.25, 0.3) is 0 Å². The lowest BCUT2D eigenvalue weighted by Crippen LogP contribution is -2.43. The zero-order valence-corrected chi connectivity index (χ0v) is 12.3. The van der Waals surface area contributed by atoms with E-state index < -0.39 is 6.10 Å². The van der Waals surface area contributed by atoms with Crippen LogP contribution in [0.1, 0.15) is 20.8 Å². The minimum Gasteiger partial charge on any atom is -0.390 e. The second-order valence-electron chi connectivity index (χ2n) is 5.91. The molecule has 0 amide bonds. The molecule has 19 heavy (non-hydrogen) atoms. The van der Waals surface area contributed by atoms with Gasteiger partial charge >= 0.3 is 0 Å². The maximum atomic E-state index is 11.8. The molecule has 0 aromatic carbocycles. The summed E-state index contributed by atoms with van der Waals surface area (Å²) in [5.74, 6) is 0. The van der Waals surface area contributed by atoms with Crippen molar-refractivity contribution in [2.45, 2.75) is 39.0 Å². The predicted molar refractivity (Wildman–Crippen MR) is 76.6 cm³/mol. The van der Waals surface area contributed by atoms with E-state index in [0.717, 1.165) is 5.69 Å². The van der Waals surface area contributed by atoms with Crippen molar-refractivity contribution in [1.29, 1.82) is 0 Å². The number of hydrogen-bond acceptors (Lipinski definition) is 5. The lowest BCUT2D eigenvalue weighted by atomic mass is 10.1. The van der Waals surface area contributed by atoms with E-state index >= 15 is 0 Å². The fraction of sp³-hybridized carbons (Fsp3) is 0.692. The van der Waals surface area contributed by atoms with Crippen LogP contribution in [0.15, 0.2) is 17.1 Å². The van der Waals surface area contributed by atoms with Gasteiger partial charge in [0.2, 0.25) is 0 Å². The molecule has 1 atom stereocenters. The molecule has 6 nitrogen and oxygen atoms in total. The summed E-state index contributed by atoms with van der Waals surface area (Å²) in [7, 11) is 3.70. The first kappa shape index (κ1) is 15.7. The lowest BCUT2D eigenvalue weighted by molar-refractivity contribution is 0.136. The van der Waals surface area contributed by atoms with Gasteiger partial charge in [-0.3, -0.25) is 4.79 Å². The Morgan fingerprint density at radius 2 is 2.11 bits per heavy atom. The molecule has 0 aliphatic carbocycles. The van der Waals surface area contributed by atoms with E-state index in [0.29, 0.717) is 6.54 Å². The second kappa shape index (κ2) is 6.16. The average molecular weight is 268 g/mol. The molecule has 1 heterocycles. The van der Waals surface area contributed by atoms with Crippen molar-refractivity contribution in [1.82, 2.24) is 15.1 Å². The Kier molecular flexibility index (Phi) is 5.08. The fourth-order valence-electron chi connectivity index (χ4n) is 1.49. The van der Waals surface area contributed by atoms with Crippen molar-refractivity contribution in [2.75, 3.05) is 25.5 Å². The van der Waals surface area contributed by atoms with Crippen LogP contribution in [0.2, 0.25) is 0 Å². The number of aromatic nitrogens is 2. The predicted octanol–water partition coefficient (Wildman–Crippen LogP) is 0.0583. The number of nitrogens with zero attached hydrogens (tertiary/aromatic N) is 3. The normalized spacial score (nSPS) is 13.4. The van der Waals surface area contributed by atoms with Crippen molar-refractivity contribution in [3.8, 4) is 0 Å². The Morgan fingerprint density at radius 3 is 2.58 bits per heavy atom. The van der Waals surface area contributed by atoms with Crippen LogP contribution in [0.5, 0.6) is 0 Å². The van der Waals surface area contributed by atoms with E-state index in [2.05, 4.69) is 10.4 Å². The largest absolute Gasteiger partial charge is 0.390 e. The highest BCUT2D eigenvalue weighted by atomic mass is 16.3. The van der Waals surface area contributed by atoms with Gasteiger partial charge in [-0.05, 0) is 20.8 Å². The van der Waals surface area contributed by atoms with Crippen molar-refractivity contribution in [3.63, 3.8) is 0 Å². The zero-order valence-electron chi connectivity index (χ0n) is 12.3. The Bertz CT molecular complexity index is 462. The van der Waals surface area contributed by atoms with Crippen LogP contribution in [-0.2, 0) is 6.54 Å². The van der Waals surface area contributed by atoms with Gasteiger partial charge in [0.25, 0.3) is 5.56 Å². The molecule has 0 saturated heterocycles. The number of aliphatic hydroxyl groups is 1. The summed E-state index contributed by atoms with van der Waals surface area (Å²) in [6.07, 6.45) is 0.973.